The van der Waals surface area contributed by atoms with Crippen LogP contribution in [0, 0.1) is 47.3 Å². The van der Waals surface area contributed by atoms with Crippen LogP contribution in [0.2, 0.25) is 0 Å². The largest absolute Gasteiger partial charge is 0.491 e. The van der Waals surface area contributed by atoms with Gasteiger partial charge in [0.15, 0.2) is 0 Å². The summed E-state index contributed by atoms with van der Waals surface area (Å²) in [7, 11) is 0. The Balaban J connectivity index is 0.000000291. The average Bonchev–Trinajstić information content (AvgIpc) is 2.36. The second-order valence-corrected chi connectivity index (χ2v) is 21.6. The summed E-state index contributed by atoms with van der Waals surface area (Å²) in [6.45, 7) is 20.0. The van der Waals surface area contributed by atoms with Crippen LogP contribution in [-0.2, 0) is 0 Å². The molecular weight excluding hydrogens is 1090 g/mol. The zero-order valence-electron chi connectivity index (χ0n) is 52.9. The smallest absolute Gasteiger partial charge is 0.343 e. The number of benzene rings is 7. The van der Waals surface area contributed by atoms with E-state index in [9.17, 15) is 19.2 Å². The van der Waals surface area contributed by atoms with E-state index in [4.69, 9.17) is 23.7 Å². The lowest BCUT2D eigenvalue weighted by Gasteiger charge is -2.23. The third-order valence-corrected chi connectivity index (χ3v) is 16.3. The van der Waals surface area contributed by atoms with Crippen LogP contribution in [0.4, 0.5) is 0 Å². The normalized spacial score (nSPS) is 19.9. The topological polar surface area (TPSA) is 114 Å². The quantitative estimate of drug-likeness (QED) is 0.0975. The van der Waals surface area contributed by atoms with Crippen molar-refractivity contribution in [2.24, 2.45) is 47.3 Å². The summed E-state index contributed by atoms with van der Waals surface area (Å²) in [5, 5.41) is 0. The predicted molar refractivity (Wildman–Crippen MR) is 363 cm³/mol. The highest BCUT2D eigenvalue weighted by atomic mass is 16.5. The zero-order valence-corrected chi connectivity index (χ0v) is 52.9. The number of rotatable bonds is 10. The van der Waals surface area contributed by atoms with Gasteiger partial charge >= 0.3 is 23.9 Å². The van der Waals surface area contributed by atoms with Gasteiger partial charge in [0.2, 0.25) is 0 Å². The minimum absolute atomic E-state index is 0. The number of esters is 4. The summed E-state index contributed by atoms with van der Waals surface area (Å²) in [5.41, 5.74) is 1.12. The molecule has 0 radical (unpaired) electrons. The van der Waals surface area contributed by atoms with Crippen LogP contribution in [0.15, 0.2) is 200 Å². The van der Waals surface area contributed by atoms with Crippen molar-refractivity contribution in [3.8, 4) is 28.7 Å². The molecule has 0 N–H and O–H groups in total. The summed E-state index contributed by atoms with van der Waals surface area (Å²) in [6.07, 6.45) is 19.3. The molecule has 8 atom stereocenters. The fraction of sp³-hybridized carbons (Fsp3) is 0.418. The predicted octanol–water partition coefficient (Wildman–Crippen LogP) is 21.8. The Morgan fingerprint density at radius 2 is 0.523 bits per heavy atom. The van der Waals surface area contributed by atoms with Gasteiger partial charge in [0.1, 0.15) is 28.7 Å². The highest BCUT2D eigenvalue weighted by Crippen LogP contribution is 2.59. The Morgan fingerprint density at radius 3 is 0.739 bits per heavy atom. The molecule has 6 saturated carbocycles. The maximum Gasteiger partial charge on any atom is 0.343 e. The van der Waals surface area contributed by atoms with Crippen LogP contribution in [0.1, 0.15) is 203 Å². The monoisotopic (exact) mass is 1200 g/mol. The van der Waals surface area contributed by atoms with Crippen LogP contribution in [0.5, 0.6) is 28.7 Å². The van der Waals surface area contributed by atoms with Crippen molar-refractivity contribution in [3.63, 3.8) is 0 Å². The molecule has 8 unspecified atom stereocenters. The summed E-state index contributed by atoms with van der Waals surface area (Å²) in [4.78, 5) is 48.7. The molecule has 6 aliphatic rings. The van der Waals surface area contributed by atoms with Crippen molar-refractivity contribution in [2.75, 3.05) is 0 Å². The third kappa shape index (κ3) is 23.1. The van der Waals surface area contributed by atoms with Crippen molar-refractivity contribution in [1.82, 2.24) is 0 Å². The molecule has 0 amide bonds. The second-order valence-electron chi connectivity index (χ2n) is 21.6. The molecular formula is C79H104O9. The molecule has 7 aromatic carbocycles. The van der Waals surface area contributed by atoms with E-state index < -0.39 is 23.9 Å². The Morgan fingerprint density at radius 1 is 0.307 bits per heavy atom. The van der Waals surface area contributed by atoms with Crippen LogP contribution in [0.25, 0.3) is 0 Å². The lowest BCUT2D eigenvalue weighted by atomic mass is 9.82. The zero-order chi connectivity index (χ0) is 62.1. The molecule has 0 aliphatic heterocycles. The lowest BCUT2D eigenvalue weighted by molar-refractivity contribution is 0.0715. The van der Waals surface area contributed by atoms with Crippen LogP contribution in [-0.4, -0.2) is 30.0 Å². The number of fused-ring (bicyclic) bond motifs is 10. The molecule has 4 bridgehead atoms. The minimum atomic E-state index is -0.532. The molecule has 0 spiro atoms. The van der Waals surface area contributed by atoms with Crippen LogP contribution < -0.4 is 23.7 Å². The second kappa shape index (κ2) is 41.4. The number of hydrogen-bond donors (Lipinski definition) is 0. The molecule has 88 heavy (non-hydrogen) atoms. The van der Waals surface area contributed by atoms with Crippen molar-refractivity contribution in [2.45, 2.75) is 167 Å². The Bertz CT molecular complexity index is 2650. The highest BCUT2D eigenvalue weighted by molar-refractivity contribution is 5.97. The van der Waals surface area contributed by atoms with Crippen molar-refractivity contribution in [1.29, 1.82) is 0 Å². The molecule has 0 saturated heterocycles. The number of hydrogen-bond acceptors (Lipinski definition) is 9. The van der Waals surface area contributed by atoms with E-state index in [2.05, 4.69) is 0 Å². The summed E-state index contributed by atoms with van der Waals surface area (Å²) in [5.74, 6) is 10.2. The van der Waals surface area contributed by atoms with Crippen molar-refractivity contribution in [3.05, 3.63) is 222 Å². The molecule has 6 fully saturated rings. The summed E-state index contributed by atoms with van der Waals surface area (Å²) >= 11 is 0. The number of ether oxygens (including phenoxy) is 5. The lowest BCUT2D eigenvalue weighted by Crippen LogP contribution is -2.15. The Kier molecular flexibility index (Phi) is 35.0. The van der Waals surface area contributed by atoms with E-state index in [-0.39, 0.29) is 43.2 Å². The van der Waals surface area contributed by atoms with E-state index in [0.29, 0.717) is 23.0 Å². The van der Waals surface area contributed by atoms with Gasteiger partial charge in [-0.3, -0.25) is 0 Å². The summed E-state index contributed by atoms with van der Waals surface area (Å²) < 4.78 is 26.5. The minimum Gasteiger partial charge on any atom is -0.491 e. The third-order valence-electron chi connectivity index (χ3n) is 16.3. The van der Waals surface area contributed by atoms with Gasteiger partial charge in [0.05, 0.1) is 28.4 Å². The first-order valence-corrected chi connectivity index (χ1v) is 32.1. The molecule has 13 rings (SSSR count). The first kappa shape index (κ1) is 74.5. The van der Waals surface area contributed by atoms with Crippen LogP contribution in [0.3, 0.4) is 0 Å². The number of carbonyl (C=O) groups excluding carboxylic acids is 4. The van der Waals surface area contributed by atoms with Gasteiger partial charge in [-0.05, 0) is 222 Å². The van der Waals surface area contributed by atoms with Gasteiger partial charge in [-0.25, -0.2) is 19.2 Å². The number of para-hydroxylation sites is 5. The van der Waals surface area contributed by atoms with E-state index >= 15 is 0 Å². The highest BCUT2D eigenvalue weighted by Gasteiger charge is 2.49. The summed E-state index contributed by atoms with van der Waals surface area (Å²) in [6, 6.07) is 57.3. The van der Waals surface area contributed by atoms with Gasteiger partial charge in [-0.1, -0.05) is 186 Å². The Labute approximate surface area is 530 Å². The molecule has 474 valence electrons. The van der Waals surface area contributed by atoms with E-state index in [1.807, 2.05) is 124 Å². The maximum absolute atomic E-state index is 12.2. The van der Waals surface area contributed by atoms with Gasteiger partial charge in [0, 0.05) is 0 Å². The SMILES string of the molecule is C.C.C1CC2C3CCC(C3)C2C1.C1CC2C3CCC(C3)C2C1.CC.CC.CC.CC.CC(C)Oc1ccccc1.O=C(Oc1ccccc1)c1cccc(C(=O)Oc2ccccc2)c1.O=C(Oc1ccccc1)c1cccc(C(=O)Oc2ccccc2)c1. The molecule has 7 aromatic rings. The van der Waals surface area contributed by atoms with E-state index in [0.717, 1.165) is 5.75 Å². The Hall–Kier alpha value is -7.78. The maximum atomic E-state index is 12.2. The molecule has 0 heterocycles. The first-order valence-electron chi connectivity index (χ1n) is 32.1. The molecule has 0 aromatic heterocycles. The van der Waals surface area contributed by atoms with Crippen molar-refractivity contribution >= 4 is 23.9 Å². The van der Waals surface area contributed by atoms with Gasteiger partial charge in [-0.2, -0.15) is 0 Å². The first-order chi connectivity index (χ1) is 42.1. The molecule has 6 aliphatic carbocycles. The van der Waals surface area contributed by atoms with Crippen molar-refractivity contribution < 1.29 is 42.9 Å². The molecule has 9 nitrogen and oxygen atoms in total. The van der Waals surface area contributed by atoms with E-state index in [1.54, 1.807) is 211 Å². The van der Waals surface area contributed by atoms with E-state index in [1.165, 1.54) is 59.5 Å². The fourth-order valence-electron chi connectivity index (χ4n) is 13.0. The average molecular weight is 1200 g/mol. The number of carbonyl (C=O) groups is 4. The van der Waals surface area contributed by atoms with Crippen LogP contribution >= 0.6 is 0 Å². The van der Waals surface area contributed by atoms with Gasteiger partial charge in [0.25, 0.3) is 0 Å². The fourth-order valence-corrected chi connectivity index (χ4v) is 13.0. The standard InChI is InChI=1S/2C20H14O4.2C10H16.C9H12O.4C2H6.2CH4/c2*21-19(23-17-10-3-1-4-11-17)15-8-7-9-16(14-15)20(22)24-18-12-5-2-6-13-18;2*1-2-9-7-4-5-8(6-7)10(9)3-1;1-8(2)10-9-6-4-3-5-7-9;4*1-2;;/h2*1-14H;2*7-10H,1-6H2;3-8H,1-2H3;4*1-2H3;2*1H4. The molecule has 9 heteroatoms. The van der Waals surface area contributed by atoms with Gasteiger partial charge < -0.3 is 23.7 Å². The van der Waals surface area contributed by atoms with Gasteiger partial charge in [-0.15, -0.1) is 0 Å².